The summed E-state index contributed by atoms with van der Waals surface area (Å²) in [5.41, 5.74) is 0. The summed E-state index contributed by atoms with van der Waals surface area (Å²) >= 11 is 0. The van der Waals surface area contributed by atoms with Gasteiger partial charge in [0.2, 0.25) is 5.95 Å². The van der Waals surface area contributed by atoms with E-state index in [0.717, 1.165) is 6.42 Å². The van der Waals surface area contributed by atoms with Crippen LogP contribution in [0.2, 0.25) is 0 Å². The molecule has 1 aromatic rings. The van der Waals surface area contributed by atoms with Crippen molar-refractivity contribution in [2.45, 2.75) is 33.2 Å². The Morgan fingerprint density at radius 3 is 2.62 bits per heavy atom. The molecule has 2 N–H and O–H groups in total. The number of hydrogen-bond donors (Lipinski definition) is 2. The van der Waals surface area contributed by atoms with Gasteiger partial charge in [0.05, 0.1) is 6.20 Å². The van der Waals surface area contributed by atoms with Crippen LogP contribution >= 0.6 is 0 Å². The van der Waals surface area contributed by atoms with Crippen LogP contribution < -0.4 is 10.6 Å². The number of hydrogen-bond acceptors (Lipinski definition) is 4. The third-order valence-electron chi connectivity index (χ3n) is 2.18. The van der Waals surface area contributed by atoms with Gasteiger partial charge in [0.25, 0.3) is 0 Å². The van der Waals surface area contributed by atoms with Gasteiger partial charge in [-0.3, -0.25) is 0 Å². The van der Waals surface area contributed by atoms with Crippen molar-refractivity contribution in [3.05, 3.63) is 12.0 Å². The highest BCUT2D eigenvalue weighted by molar-refractivity contribution is 5.41. The molecule has 4 nitrogen and oxygen atoms in total. The molecule has 1 aromatic heterocycles. The Morgan fingerprint density at radius 1 is 1.38 bits per heavy atom. The van der Waals surface area contributed by atoms with Gasteiger partial charge in [-0.2, -0.15) is 4.98 Å². The summed E-state index contributed by atoms with van der Waals surface area (Å²) in [6.07, 6.45) is 2.14. The second kappa shape index (κ2) is 5.63. The highest BCUT2D eigenvalue weighted by Crippen LogP contribution is 2.15. The molecule has 1 unspecified atom stereocenters. The first kappa shape index (κ1) is 12.7. The zero-order valence-corrected chi connectivity index (χ0v) is 10.2. The molecule has 0 fully saturated rings. The minimum Gasteiger partial charge on any atom is -0.365 e. The van der Waals surface area contributed by atoms with E-state index >= 15 is 0 Å². The largest absolute Gasteiger partial charge is 0.365 e. The summed E-state index contributed by atoms with van der Waals surface area (Å²) in [6.45, 7) is 6.28. The average molecular weight is 226 g/mol. The van der Waals surface area contributed by atoms with Crippen molar-refractivity contribution in [1.29, 1.82) is 0 Å². The summed E-state index contributed by atoms with van der Waals surface area (Å²) in [6, 6.07) is 0.189. The molecule has 1 heterocycles. The quantitative estimate of drug-likeness (QED) is 0.810. The molecule has 5 heteroatoms. The highest BCUT2D eigenvalue weighted by Gasteiger charge is 2.10. The number of aromatic nitrogens is 2. The lowest BCUT2D eigenvalue weighted by atomic mass is 10.1. The summed E-state index contributed by atoms with van der Waals surface area (Å²) in [4.78, 5) is 7.82. The smallest absolute Gasteiger partial charge is 0.224 e. The molecule has 0 aliphatic heterocycles. The van der Waals surface area contributed by atoms with E-state index in [2.05, 4.69) is 34.4 Å². The Morgan fingerprint density at radius 2 is 2.06 bits per heavy atom. The van der Waals surface area contributed by atoms with Crippen molar-refractivity contribution < 1.29 is 4.39 Å². The zero-order valence-electron chi connectivity index (χ0n) is 10.2. The lowest BCUT2D eigenvalue weighted by Crippen LogP contribution is -2.19. The van der Waals surface area contributed by atoms with Gasteiger partial charge in [-0.05, 0) is 19.3 Å². The summed E-state index contributed by atoms with van der Waals surface area (Å²) in [5, 5.41) is 5.83. The first-order valence-corrected chi connectivity index (χ1v) is 5.49. The molecule has 0 amide bonds. The average Bonchev–Trinajstić information content (AvgIpc) is 2.20. The van der Waals surface area contributed by atoms with E-state index in [-0.39, 0.29) is 11.9 Å². The minimum absolute atomic E-state index is 0.189. The predicted molar refractivity (Wildman–Crippen MR) is 64.1 cm³/mol. The predicted octanol–water partition coefficient (Wildman–Crippen LogP) is 2.50. The molecule has 0 aliphatic rings. The third kappa shape index (κ3) is 3.64. The van der Waals surface area contributed by atoms with Crippen molar-refractivity contribution in [3.63, 3.8) is 0 Å². The van der Waals surface area contributed by atoms with Crippen LogP contribution in [0.15, 0.2) is 6.20 Å². The topological polar surface area (TPSA) is 49.8 Å². The maximum atomic E-state index is 13.4. The lowest BCUT2D eigenvalue weighted by molar-refractivity contribution is 0.533. The number of nitrogens with zero attached hydrogens (tertiary/aromatic N) is 2. The van der Waals surface area contributed by atoms with Gasteiger partial charge in [0.1, 0.15) is 0 Å². The van der Waals surface area contributed by atoms with Crippen molar-refractivity contribution >= 4 is 11.8 Å². The van der Waals surface area contributed by atoms with Crippen LogP contribution in [-0.2, 0) is 0 Å². The fourth-order valence-electron chi connectivity index (χ4n) is 1.59. The van der Waals surface area contributed by atoms with Gasteiger partial charge in [-0.1, -0.05) is 13.8 Å². The SMILES string of the molecule is CNc1ncc(F)c(NC(C)CC(C)C)n1. The van der Waals surface area contributed by atoms with Crippen LogP contribution in [0.3, 0.4) is 0 Å². The van der Waals surface area contributed by atoms with Gasteiger partial charge in [0.15, 0.2) is 11.6 Å². The Balaban J connectivity index is 2.71. The second-order valence-corrected chi connectivity index (χ2v) is 4.32. The van der Waals surface area contributed by atoms with Crippen molar-refractivity contribution in [1.82, 2.24) is 9.97 Å². The van der Waals surface area contributed by atoms with Crippen molar-refractivity contribution in [2.75, 3.05) is 17.7 Å². The summed E-state index contributed by atoms with van der Waals surface area (Å²) in [5.74, 6) is 0.818. The van der Waals surface area contributed by atoms with E-state index in [9.17, 15) is 4.39 Å². The number of halogens is 1. The molecule has 16 heavy (non-hydrogen) atoms. The van der Waals surface area contributed by atoms with E-state index in [1.54, 1.807) is 7.05 Å². The fraction of sp³-hybridized carbons (Fsp3) is 0.636. The van der Waals surface area contributed by atoms with Crippen molar-refractivity contribution in [2.24, 2.45) is 5.92 Å². The second-order valence-electron chi connectivity index (χ2n) is 4.32. The molecular formula is C11H19FN4. The highest BCUT2D eigenvalue weighted by atomic mass is 19.1. The molecule has 0 aliphatic carbocycles. The van der Waals surface area contributed by atoms with Gasteiger partial charge < -0.3 is 10.6 Å². The van der Waals surface area contributed by atoms with Crippen LogP contribution in [0, 0.1) is 11.7 Å². The number of rotatable bonds is 5. The molecule has 0 saturated heterocycles. The van der Waals surface area contributed by atoms with Crippen LogP contribution in [0.4, 0.5) is 16.2 Å². The van der Waals surface area contributed by atoms with E-state index in [4.69, 9.17) is 0 Å². The van der Waals surface area contributed by atoms with E-state index in [1.807, 2.05) is 6.92 Å². The maximum absolute atomic E-state index is 13.4. The van der Waals surface area contributed by atoms with Crippen molar-refractivity contribution in [3.8, 4) is 0 Å². The maximum Gasteiger partial charge on any atom is 0.224 e. The Bertz CT molecular complexity index is 341. The van der Waals surface area contributed by atoms with Gasteiger partial charge >= 0.3 is 0 Å². The van der Waals surface area contributed by atoms with Crippen LogP contribution in [0.25, 0.3) is 0 Å². The Hall–Kier alpha value is -1.39. The normalized spacial score (nSPS) is 12.6. The Kier molecular flexibility index (Phi) is 4.46. The van der Waals surface area contributed by atoms with E-state index in [0.29, 0.717) is 11.9 Å². The molecular weight excluding hydrogens is 207 g/mol. The monoisotopic (exact) mass is 226 g/mol. The first-order valence-electron chi connectivity index (χ1n) is 5.49. The first-order chi connectivity index (χ1) is 7.52. The van der Waals surface area contributed by atoms with Crippen LogP contribution in [0.5, 0.6) is 0 Å². The van der Waals surface area contributed by atoms with Gasteiger partial charge in [0, 0.05) is 13.1 Å². The molecule has 1 rings (SSSR count). The molecule has 0 bridgehead atoms. The van der Waals surface area contributed by atoms with E-state index in [1.165, 1.54) is 6.20 Å². The molecule has 0 spiro atoms. The zero-order chi connectivity index (χ0) is 12.1. The van der Waals surface area contributed by atoms with Crippen LogP contribution in [0.1, 0.15) is 27.2 Å². The summed E-state index contributed by atoms with van der Waals surface area (Å²) < 4.78 is 13.4. The molecule has 0 radical (unpaired) electrons. The minimum atomic E-state index is -0.422. The Labute approximate surface area is 95.7 Å². The van der Waals surface area contributed by atoms with Gasteiger partial charge in [-0.15, -0.1) is 0 Å². The number of nitrogens with one attached hydrogen (secondary N) is 2. The fourth-order valence-corrected chi connectivity index (χ4v) is 1.59. The summed E-state index contributed by atoms with van der Waals surface area (Å²) in [7, 11) is 1.70. The van der Waals surface area contributed by atoms with Gasteiger partial charge in [-0.25, -0.2) is 9.37 Å². The standard InChI is InChI=1S/C11H19FN4/c1-7(2)5-8(3)15-10-9(12)6-14-11(13-4)16-10/h6-8H,5H2,1-4H3,(H2,13,14,15,16). The lowest BCUT2D eigenvalue weighted by Gasteiger charge is -2.17. The molecule has 90 valence electrons. The molecule has 0 aromatic carbocycles. The van der Waals surface area contributed by atoms with E-state index < -0.39 is 5.82 Å². The number of anilines is 2. The third-order valence-corrected chi connectivity index (χ3v) is 2.18. The molecule has 1 atom stereocenters. The van der Waals surface area contributed by atoms with Crippen LogP contribution in [-0.4, -0.2) is 23.1 Å². The molecule has 0 saturated carbocycles.